The van der Waals surface area contributed by atoms with Crippen LogP contribution in [0, 0.1) is 4.77 Å². The van der Waals surface area contributed by atoms with E-state index in [2.05, 4.69) is 9.97 Å². The van der Waals surface area contributed by atoms with Gasteiger partial charge in [0.05, 0.1) is 0 Å². The van der Waals surface area contributed by atoms with Crippen molar-refractivity contribution in [3.05, 3.63) is 32.7 Å². The fraction of sp³-hybridized carbons (Fsp3) is 0.364. The highest BCUT2D eigenvalue weighted by molar-refractivity contribution is 7.71. The lowest BCUT2D eigenvalue weighted by molar-refractivity contribution is 0.0954. The molecule has 0 aliphatic heterocycles. The Balaban J connectivity index is 2.12. The number of imidazole rings is 1. The maximum atomic E-state index is 12.3. The third kappa shape index (κ3) is 1.77. The molecule has 2 aromatic rings. The van der Waals surface area contributed by atoms with E-state index >= 15 is 0 Å². The van der Waals surface area contributed by atoms with E-state index in [0.29, 0.717) is 9.78 Å². The Kier molecular flexibility index (Phi) is 2.68. The molecule has 0 fully saturated rings. The molecule has 0 spiro atoms. The summed E-state index contributed by atoms with van der Waals surface area (Å²) in [6, 6.07) is 0. The maximum absolute atomic E-state index is 12.3. The second kappa shape index (κ2) is 4.19. The van der Waals surface area contributed by atoms with Crippen molar-refractivity contribution in [1.29, 1.82) is 0 Å². The molecule has 0 unspecified atom stereocenters. The van der Waals surface area contributed by atoms with E-state index in [9.17, 15) is 4.79 Å². The molecule has 1 aliphatic carbocycles. The van der Waals surface area contributed by atoms with Crippen molar-refractivity contribution < 1.29 is 4.79 Å². The highest BCUT2D eigenvalue weighted by atomic mass is 32.1. The molecule has 2 aromatic heterocycles. The van der Waals surface area contributed by atoms with Gasteiger partial charge in [0.25, 0.3) is 5.91 Å². The summed E-state index contributed by atoms with van der Waals surface area (Å²) in [5, 5.41) is 2.30. The molecule has 4 nitrogen and oxygen atoms in total. The molecule has 88 valence electrons. The molecule has 0 radical (unpaired) electrons. The van der Waals surface area contributed by atoms with E-state index in [-0.39, 0.29) is 5.91 Å². The van der Waals surface area contributed by atoms with Crippen molar-refractivity contribution in [2.45, 2.75) is 25.7 Å². The van der Waals surface area contributed by atoms with Gasteiger partial charge in [0.2, 0.25) is 0 Å². The Morgan fingerprint density at radius 1 is 1.47 bits per heavy atom. The number of nitrogens with one attached hydrogen (secondary N) is 1. The van der Waals surface area contributed by atoms with Crippen LogP contribution in [0.5, 0.6) is 0 Å². The zero-order valence-corrected chi connectivity index (χ0v) is 10.7. The Morgan fingerprint density at radius 3 is 3.06 bits per heavy atom. The number of aromatic amines is 1. The van der Waals surface area contributed by atoms with Gasteiger partial charge >= 0.3 is 0 Å². The van der Waals surface area contributed by atoms with Crippen LogP contribution >= 0.6 is 23.6 Å². The summed E-state index contributed by atoms with van der Waals surface area (Å²) in [6.45, 7) is 0. The molecule has 0 saturated carbocycles. The number of carbonyl (C=O) groups is 1. The molecule has 0 aromatic carbocycles. The normalized spacial score (nSPS) is 14.6. The maximum Gasteiger partial charge on any atom is 0.293 e. The minimum absolute atomic E-state index is 0.107. The number of aromatic nitrogens is 3. The lowest BCUT2D eigenvalue weighted by Gasteiger charge is -2.12. The number of H-pyrrole nitrogens is 1. The monoisotopic (exact) mass is 265 g/mol. The first-order valence-electron chi connectivity index (χ1n) is 5.54. The van der Waals surface area contributed by atoms with E-state index in [0.717, 1.165) is 37.1 Å². The Hall–Kier alpha value is -1.27. The van der Waals surface area contributed by atoms with Gasteiger partial charge in [-0.15, -0.1) is 11.3 Å². The van der Waals surface area contributed by atoms with Gasteiger partial charge in [-0.1, -0.05) is 0 Å². The number of nitrogens with zero attached hydrogens (tertiary/aromatic N) is 2. The van der Waals surface area contributed by atoms with Crippen molar-refractivity contribution in [2.75, 3.05) is 0 Å². The molecule has 0 amide bonds. The number of rotatable bonds is 1. The SMILES string of the molecule is O=C(c1nccs1)n1c2c([nH]c1=S)CCCC2. The summed E-state index contributed by atoms with van der Waals surface area (Å²) < 4.78 is 2.11. The summed E-state index contributed by atoms with van der Waals surface area (Å²) in [5.41, 5.74) is 2.16. The molecule has 0 bridgehead atoms. The van der Waals surface area contributed by atoms with Crippen LogP contribution in [0.3, 0.4) is 0 Å². The zero-order chi connectivity index (χ0) is 11.8. The van der Waals surface area contributed by atoms with Crippen LogP contribution in [0.25, 0.3) is 0 Å². The number of carbonyl (C=O) groups excluding carboxylic acids is 1. The Labute approximate surface area is 107 Å². The molecule has 3 rings (SSSR count). The van der Waals surface area contributed by atoms with Crippen LogP contribution in [-0.4, -0.2) is 20.4 Å². The Bertz CT molecular complexity index is 609. The summed E-state index contributed by atoms with van der Waals surface area (Å²) in [6.07, 6.45) is 5.82. The van der Waals surface area contributed by atoms with Crippen molar-refractivity contribution in [3.8, 4) is 0 Å². The third-order valence-corrected chi connectivity index (χ3v) is 4.03. The summed E-state index contributed by atoms with van der Waals surface area (Å²) in [5.74, 6) is -0.107. The van der Waals surface area contributed by atoms with Crippen molar-refractivity contribution in [1.82, 2.24) is 14.5 Å². The van der Waals surface area contributed by atoms with E-state index in [1.54, 1.807) is 16.1 Å². The fourth-order valence-electron chi connectivity index (χ4n) is 2.22. The van der Waals surface area contributed by atoms with Crippen LogP contribution < -0.4 is 0 Å². The zero-order valence-electron chi connectivity index (χ0n) is 9.10. The molecule has 17 heavy (non-hydrogen) atoms. The van der Waals surface area contributed by atoms with Crippen molar-refractivity contribution in [2.24, 2.45) is 0 Å². The number of hydrogen-bond acceptors (Lipinski definition) is 4. The molecule has 0 atom stereocenters. The highest BCUT2D eigenvalue weighted by Gasteiger charge is 2.22. The quantitative estimate of drug-likeness (QED) is 0.806. The summed E-state index contributed by atoms with van der Waals surface area (Å²) >= 11 is 6.58. The predicted molar refractivity (Wildman–Crippen MR) is 68.1 cm³/mol. The minimum atomic E-state index is -0.107. The van der Waals surface area contributed by atoms with Gasteiger partial charge < -0.3 is 4.98 Å². The van der Waals surface area contributed by atoms with Gasteiger partial charge in [0, 0.05) is 23.0 Å². The van der Waals surface area contributed by atoms with Crippen LogP contribution in [0.15, 0.2) is 11.6 Å². The molecule has 0 saturated heterocycles. The van der Waals surface area contributed by atoms with Crippen LogP contribution in [-0.2, 0) is 12.8 Å². The van der Waals surface area contributed by atoms with E-state index < -0.39 is 0 Å². The topological polar surface area (TPSA) is 50.7 Å². The van der Waals surface area contributed by atoms with E-state index in [1.807, 2.05) is 0 Å². The number of thiazole rings is 1. The average molecular weight is 265 g/mol. The second-order valence-electron chi connectivity index (χ2n) is 4.04. The van der Waals surface area contributed by atoms with Gasteiger partial charge in [0.15, 0.2) is 9.78 Å². The van der Waals surface area contributed by atoms with E-state index in [4.69, 9.17) is 12.2 Å². The first-order chi connectivity index (χ1) is 8.27. The molecule has 6 heteroatoms. The van der Waals surface area contributed by atoms with Gasteiger partial charge in [-0.2, -0.15) is 0 Å². The Morgan fingerprint density at radius 2 is 2.29 bits per heavy atom. The van der Waals surface area contributed by atoms with Crippen molar-refractivity contribution >= 4 is 29.5 Å². The van der Waals surface area contributed by atoms with Crippen LogP contribution in [0.1, 0.15) is 34.0 Å². The van der Waals surface area contributed by atoms with Crippen molar-refractivity contribution in [3.63, 3.8) is 0 Å². The fourth-order valence-corrected chi connectivity index (χ4v) is 3.10. The largest absolute Gasteiger partial charge is 0.334 e. The second-order valence-corrected chi connectivity index (χ2v) is 5.32. The molecule has 1 N–H and O–H groups in total. The number of hydrogen-bond donors (Lipinski definition) is 1. The number of aryl methyl sites for hydroxylation is 1. The smallest absolute Gasteiger partial charge is 0.293 e. The summed E-state index contributed by atoms with van der Waals surface area (Å²) in [4.78, 5) is 19.5. The molecule has 1 aliphatic rings. The summed E-state index contributed by atoms with van der Waals surface area (Å²) in [7, 11) is 0. The van der Waals surface area contributed by atoms with Gasteiger partial charge in [-0.3, -0.25) is 9.36 Å². The first-order valence-corrected chi connectivity index (χ1v) is 6.83. The standard InChI is InChI=1S/C11H11N3OS2/c15-10(9-12-5-6-17-9)14-8-4-2-1-3-7(8)13-11(14)16/h5-6H,1-4H2,(H,13,16). The molecular formula is C11H11N3OS2. The highest BCUT2D eigenvalue weighted by Crippen LogP contribution is 2.22. The van der Waals surface area contributed by atoms with Gasteiger partial charge in [-0.05, 0) is 37.9 Å². The number of fused-ring (bicyclic) bond motifs is 1. The lowest BCUT2D eigenvalue weighted by Crippen LogP contribution is -2.17. The predicted octanol–water partition coefficient (Wildman–Crippen LogP) is 2.57. The first kappa shape index (κ1) is 10.9. The van der Waals surface area contributed by atoms with Crippen LogP contribution in [0.4, 0.5) is 0 Å². The third-order valence-electron chi connectivity index (χ3n) is 2.99. The lowest BCUT2D eigenvalue weighted by atomic mass is 10.0. The van der Waals surface area contributed by atoms with Gasteiger partial charge in [0.1, 0.15) is 0 Å². The average Bonchev–Trinajstić information content (AvgIpc) is 2.94. The molecule has 2 heterocycles. The van der Waals surface area contributed by atoms with Crippen LogP contribution in [0.2, 0.25) is 0 Å². The van der Waals surface area contributed by atoms with E-state index in [1.165, 1.54) is 11.3 Å². The van der Waals surface area contributed by atoms with Gasteiger partial charge in [-0.25, -0.2) is 4.98 Å². The molecular weight excluding hydrogens is 254 g/mol. The minimum Gasteiger partial charge on any atom is -0.334 e.